The molecule has 0 fully saturated rings. The van der Waals surface area contributed by atoms with Gasteiger partial charge in [-0.25, -0.2) is 0 Å². The molecule has 0 saturated heterocycles. The Bertz CT molecular complexity index is 105. The number of hydrogen-bond acceptors (Lipinski definition) is 1. The predicted octanol–water partition coefficient (Wildman–Crippen LogP) is 2.18. The van der Waals surface area contributed by atoms with Crippen molar-refractivity contribution in [3.63, 3.8) is 0 Å². The summed E-state index contributed by atoms with van der Waals surface area (Å²) in [4.78, 5) is 10.8. The first-order valence-corrected chi connectivity index (χ1v) is 3.38. The molecule has 0 amide bonds. The van der Waals surface area contributed by atoms with Gasteiger partial charge in [0.1, 0.15) is 0 Å². The van der Waals surface area contributed by atoms with E-state index < -0.39 is 0 Å². The fourth-order valence-corrected chi connectivity index (χ4v) is 0.776. The fraction of sp³-hybridized carbons (Fsp3) is 0.625. The molecule has 0 saturated carbocycles. The van der Waals surface area contributed by atoms with Gasteiger partial charge < -0.3 is 0 Å². The number of rotatable bonds is 4. The third-order valence-electron chi connectivity index (χ3n) is 1.41. The Hall–Kier alpha value is -0.590. The molecule has 1 nitrogen and oxygen atoms in total. The molecule has 0 rings (SSSR count). The molecule has 0 radical (unpaired) electrons. The monoisotopic (exact) mass is 126 g/mol. The summed E-state index contributed by atoms with van der Waals surface area (Å²) < 4.78 is 0. The Kier molecular flexibility index (Phi) is 4.02. The van der Waals surface area contributed by atoms with Crippen LogP contribution in [0.15, 0.2) is 12.7 Å². The molecule has 0 heterocycles. The van der Waals surface area contributed by atoms with Crippen molar-refractivity contribution in [1.29, 1.82) is 0 Å². The first-order valence-electron chi connectivity index (χ1n) is 3.38. The lowest BCUT2D eigenvalue weighted by Crippen LogP contribution is -2.06. The maximum atomic E-state index is 10.8. The predicted molar refractivity (Wildman–Crippen MR) is 39.3 cm³/mol. The first-order chi connectivity index (χ1) is 4.22. The van der Waals surface area contributed by atoms with E-state index >= 15 is 0 Å². The van der Waals surface area contributed by atoms with Crippen molar-refractivity contribution in [2.45, 2.75) is 26.7 Å². The van der Waals surface area contributed by atoms with Crippen LogP contribution in [0.4, 0.5) is 0 Å². The van der Waals surface area contributed by atoms with Crippen LogP contribution in [0.1, 0.15) is 26.7 Å². The van der Waals surface area contributed by atoms with Gasteiger partial charge in [-0.05, 0) is 12.5 Å². The SMILES string of the molecule is C=CC(=O)[C@@H](C)CCC. The van der Waals surface area contributed by atoms with Gasteiger partial charge in [0, 0.05) is 5.92 Å². The van der Waals surface area contributed by atoms with Crippen LogP contribution in [0.5, 0.6) is 0 Å². The molecule has 0 N–H and O–H groups in total. The molecule has 9 heavy (non-hydrogen) atoms. The summed E-state index contributed by atoms with van der Waals surface area (Å²) in [5.41, 5.74) is 0. The highest BCUT2D eigenvalue weighted by Gasteiger charge is 2.05. The minimum atomic E-state index is 0.164. The van der Waals surface area contributed by atoms with Crippen LogP contribution in [0, 0.1) is 5.92 Å². The highest BCUT2D eigenvalue weighted by atomic mass is 16.1. The van der Waals surface area contributed by atoms with E-state index in [2.05, 4.69) is 13.5 Å². The summed E-state index contributed by atoms with van der Waals surface area (Å²) >= 11 is 0. The van der Waals surface area contributed by atoms with Crippen molar-refractivity contribution in [3.8, 4) is 0 Å². The van der Waals surface area contributed by atoms with Crippen LogP contribution in [-0.4, -0.2) is 5.78 Å². The third kappa shape index (κ3) is 3.07. The molecular formula is C8H14O. The summed E-state index contributed by atoms with van der Waals surface area (Å²) in [6.07, 6.45) is 3.45. The van der Waals surface area contributed by atoms with Crippen molar-refractivity contribution >= 4 is 5.78 Å². The number of ketones is 1. The van der Waals surface area contributed by atoms with Crippen molar-refractivity contribution in [2.24, 2.45) is 5.92 Å². The number of carbonyl (C=O) groups excluding carboxylic acids is 1. The Labute approximate surface area is 56.8 Å². The molecule has 52 valence electrons. The summed E-state index contributed by atoms with van der Waals surface area (Å²) in [7, 11) is 0. The molecule has 0 aromatic rings. The second-order valence-electron chi connectivity index (χ2n) is 2.30. The lowest BCUT2D eigenvalue weighted by atomic mass is 10.0. The first kappa shape index (κ1) is 8.41. The second kappa shape index (κ2) is 4.30. The maximum absolute atomic E-state index is 10.8. The summed E-state index contributed by atoms with van der Waals surface area (Å²) in [5.74, 6) is 0.337. The zero-order chi connectivity index (χ0) is 7.28. The van der Waals surface area contributed by atoms with E-state index in [4.69, 9.17) is 0 Å². The molecular weight excluding hydrogens is 112 g/mol. The van der Waals surface area contributed by atoms with Crippen molar-refractivity contribution in [2.75, 3.05) is 0 Å². The summed E-state index contributed by atoms with van der Waals surface area (Å²) in [6, 6.07) is 0. The standard InChI is InChI=1S/C8H14O/c1-4-6-7(3)8(9)5-2/h5,7H,2,4,6H2,1,3H3/t7-/m0/s1. The molecule has 0 aliphatic heterocycles. The van der Waals surface area contributed by atoms with Crippen molar-refractivity contribution in [3.05, 3.63) is 12.7 Å². The van der Waals surface area contributed by atoms with Gasteiger partial charge in [-0.2, -0.15) is 0 Å². The van der Waals surface area contributed by atoms with Gasteiger partial charge in [0.15, 0.2) is 5.78 Å². The molecule has 0 unspecified atom stereocenters. The van der Waals surface area contributed by atoms with Gasteiger partial charge in [0.2, 0.25) is 0 Å². The topological polar surface area (TPSA) is 17.1 Å². The van der Waals surface area contributed by atoms with Crippen LogP contribution in [0.3, 0.4) is 0 Å². The fourth-order valence-electron chi connectivity index (χ4n) is 0.776. The Balaban J connectivity index is 3.58. The van der Waals surface area contributed by atoms with Crippen LogP contribution in [0.25, 0.3) is 0 Å². The van der Waals surface area contributed by atoms with E-state index in [0.29, 0.717) is 0 Å². The Morgan fingerprint density at radius 3 is 2.67 bits per heavy atom. The molecule has 0 bridgehead atoms. The molecule has 1 atom stereocenters. The molecule has 0 aliphatic carbocycles. The van der Waals surface area contributed by atoms with Crippen molar-refractivity contribution < 1.29 is 4.79 Å². The molecule has 0 aliphatic rings. The van der Waals surface area contributed by atoms with Crippen LogP contribution in [0.2, 0.25) is 0 Å². The molecule has 0 aromatic carbocycles. The van der Waals surface area contributed by atoms with Gasteiger partial charge in [0.05, 0.1) is 0 Å². The second-order valence-corrected chi connectivity index (χ2v) is 2.30. The number of hydrogen-bond donors (Lipinski definition) is 0. The average Bonchev–Trinajstić information content (AvgIpc) is 1.87. The lowest BCUT2D eigenvalue weighted by molar-refractivity contribution is -0.117. The third-order valence-corrected chi connectivity index (χ3v) is 1.41. The van der Waals surface area contributed by atoms with E-state index in [0.717, 1.165) is 12.8 Å². The Morgan fingerprint density at radius 2 is 2.33 bits per heavy atom. The van der Waals surface area contributed by atoms with E-state index in [1.54, 1.807) is 0 Å². The van der Waals surface area contributed by atoms with E-state index in [1.165, 1.54) is 6.08 Å². The molecule has 1 heteroatoms. The summed E-state index contributed by atoms with van der Waals surface area (Å²) in [6.45, 7) is 7.43. The molecule has 0 aromatic heterocycles. The van der Waals surface area contributed by atoms with Gasteiger partial charge >= 0.3 is 0 Å². The lowest BCUT2D eigenvalue weighted by Gasteiger charge is -2.02. The van der Waals surface area contributed by atoms with Crippen molar-refractivity contribution in [1.82, 2.24) is 0 Å². The van der Waals surface area contributed by atoms with Crippen LogP contribution < -0.4 is 0 Å². The minimum absolute atomic E-state index is 0.164. The van der Waals surface area contributed by atoms with Gasteiger partial charge in [-0.15, -0.1) is 0 Å². The van der Waals surface area contributed by atoms with E-state index in [-0.39, 0.29) is 11.7 Å². The average molecular weight is 126 g/mol. The Morgan fingerprint density at radius 1 is 1.78 bits per heavy atom. The highest BCUT2D eigenvalue weighted by molar-refractivity contribution is 5.90. The maximum Gasteiger partial charge on any atom is 0.157 e. The van der Waals surface area contributed by atoms with Crippen LogP contribution >= 0.6 is 0 Å². The quantitative estimate of drug-likeness (QED) is 0.528. The zero-order valence-corrected chi connectivity index (χ0v) is 6.18. The highest BCUT2D eigenvalue weighted by Crippen LogP contribution is 2.05. The van der Waals surface area contributed by atoms with Crippen LogP contribution in [-0.2, 0) is 4.79 Å². The largest absolute Gasteiger partial charge is 0.295 e. The molecule has 0 spiro atoms. The smallest absolute Gasteiger partial charge is 0.157 e. The number of carbonyl (C=O) groups is 1. The van der Waals surface area contributed by atoms with E-state index in [9.17, 15) is 4.79 Å². The van der Waals surface area contributed by atoms with Gasteiger partial charge in [0.25, 0.3) is 0 Å². The van der Waals surface area contributed by atoms with E-state index in [1.807, 2.05) is 6.92 Å². The zero-order valence-electron chi connectivity index (χ0n) is 6.18. The minimum Gasteiger partial charge on any atom is -0.295 e. The van der Waals surface area contributed by atoms with Gasteiger partial charge in [-0.3, -0.25) is 4.79 Å². The van der Waals surface area contributed by atoms with Gasteiger partial charge in [-0.1, -0.05) is 26.8 Å². The number of allylic oxidation sites excluding steroid dienone is 1. The summed E-state index contributed by atoms with van der Waals surface area (Å²) in [5, 5.41) is 0. The normalized spacial score (nSPS) is 12.7.